The van der Waals surface area contributed by atoms with Crippen LogP contribution >= 0.6 is 23.2 Å². The molecule has 0 amide bonds. The topological polar surface area (TPSA) is 19.4 Å². The summed E-state index contributed by atoms with van der Waals surface area (Å²) < 4.78 is 0. The van der Waals surface area contributed by atoms with Gasteiger partial charge in [-0.3, -0.25) is 0 Å². The van der Waals surface area contributed by atoms with Crippen LogP contribution in [0.4, 0.5) is 0 Å². The fraction of sp³-hybridized carbons (Fsp3) is 0.643. The molecular formula is C14H21Cl2N3. The molecule has 0 N–H and O–H groups in total. The van der Waals surface area contributed by atoms with Gasteiger partial charge in [-0.15, -0.1) is 0 Å². The van der Waals surface area contributed by atoms with Gasteiger partial charge in [0.05, 0.1) is 0 Å². The highest BCUT2D eigenvalue weighted by atomic mass is 35.5. The van der Waals surface area contributed by atoms with Gasteiger partial charge in [-0.2, -0.15) is 0 Å². The van der Waals surface area contributed by atoms with Crippen LogP contribution in [0.2, 0.25) is 10.2 Å². The van der Waals surface area contributed by atoms with Gasteiger partial charge in [0, 0.05) is 35.4 Å². The van der Waals surface area contributed by atoms with E-state index in [4.69, 9.17) is 23.2 Å². The van der Waals surface area contributed by atoms with Crippen molar-refractivity contribution in [3.63, 3.8) is 0 Å². The Bertz CT molecular complexity index is 444. The summed E-state index contributed by atoms with van der Waals surface area (Å²) in [5, 5.41) is 1.14. The maximum absolute atomic E-state index is 6.19. The summed E-state index contributed by atoms with van der Waals surface area (Å²) in [5.41, 5.74) is 1.36. The van der Waals surface area contributed by atoms with Crippen LogP contribution in [0.1, 0.15) is 24.8 Å². The first-order chi connectivity index (χ1) is 8.93. The van der Waals surface area contributed by atoms with E-state index in [0.29, 0.717) is 15.7 Å². The third kappa shape index (κ3) is 3.40. The Kier molecular flexibility index (Phi) is 4.72. The van der Waals surface area contributed by atoms with Crippen molar-refractivity contribution in [3.05, 3.63) is 28.0 Å². The van der Waals surface area contributed by atoms with Crippen LogP contribution in [-0.2, 0) is 6.54 Å². The van der Waals surface area contributed by atoms with E-state index in [-0.39, 0.29) is 0 Å². The van der Waals surface area contributed by atoms with E-state index in [0.717, 1.165) is 18.7 Å². The third-order valence-electron chi connectivity index (χ3n) is 4.13. The second-order valence-electron chi connectivity index (χ2n) is 5.74. The molecule has 0 spiro atoms. The Balaban J connectivity index is 1.99. The van der Waals surface area contributed by atoms with Crippen molar-refractivity contribution in [2.75, 3.05) is 27.7 Å². The molecule has 1 fully saturated rings. The summed E-state index contributed by atoms with van der Waals surface area (Å²) in [6, 6.07) is 1.71. The first-order valence-corrected chi connectivity index (χ1v) is 7.34. The number of aromatic nitrogens is 1. The Morgan fingerprint density at radius 3 is 2.42 bits per heavy atom. The van der Waals surface area contributed by atoms with Crippen LogP contribution in [-0.4, -0.2) is 48.0 Å². The molecule has 0 unspecified atom stereocenters. The molecule has 0 saturated heterocycles. The minimum absolute atomic E-state index is 0.334. The molecule has 1 aliphatic carbocycles. The van der Waals surface area contributed by atoms with Crippen molar-refractivity contribution < 1.29 is 0 Å². The fourth-order valence-corrected chi connectivity index (χ4v) is 3.16. The normalized spacial score (nSPS) is 17.8. The first kappa shape index (κ1) is 15.0. The van der Waals surface area contributed by atoms with Gasteiger partial charge < -0.3 is 9.80 Å². The lowest BCUT2D eigenvalue weighted by Crippen LogP contribution is -2.56. The lowest BCUT2D eigenvalue weighted by atomic mass is 9.75. The molecule has 0 atom stereocenters. The molecule has 1 aromatic rings. The molecule has 0 bridgehead atoms. The average Bonchev–Trinajstić information content (AvgIpc) is 2.27. The SMILES string of the molecule is CN(Cc1cnc(Cl)cc1Cl)CC1(N(C)C)CCC1. The molecule has 3 nitrogen and oxygen atoms in total. The zero-order valence-corrected chi connectivity index (χ0v) is 13.3. The second kappa shape index (κ2) is 5.96. The molecular weight excluding hydrogens is 281 g/mol. The van der Waals surface area contributed by atoms with Crippen molar-refractivity contribution in [2.24, 2.45) is 0 Å². The van der Waals surface area contributed by atoms with E-state index in [1.807, 2.05) is 0 Å². The number of hydrogen-bond donors (Lipinski definition) is 0. The third-order valence-corrected chi connectivity index (χ3v) is 4.69. The average molecular weight is 302 g/mol. The first-order valence-electron chi connectivity index (χ1n) is 6.59. The molecule has 0 aromatic carbocycles. The van der Waals surface area contributed by atoms with Crippen LogP contribution in [0.3, 0.4) is 0 Å². The Morgan fingerprint density at radius 1 is 1.26 bits per heavy atom. The number of likely N-dealkylation sites (N-methyl/N-ethyl adjacent to an activating group) is 2. The molecule has 1 aliphatic rings. The van der Waals surface area contributed by atoms with E-state index in [9.17, 15) is 0 Å². The molecule has 2 rings (SSSR count). The standard InChI is InChI=1S/C14H21Cl2N3/c1-18(2)14(5-4-6-14)10-19(3)9-11-8-17-13(16)7-12(11)15/h7-8H,4-6,9-10H2,1-3H3. The van der Waals surface area contributed by atoms with Crippen LogP contribution in [0.5, 0.6) is 0 Å². The predicted molar refractivity (Wildman–Crippen MR) is 80.9 cm³/mol. The highest BCUT2D eigenvalue weighted by Crippen LogP contribution is 2.37. The van der Waals surface area contributed by atoms with Crippen LogP contribution < -0.4 is 0 Å². The summed E-state index contributed by atoms with van der Waals surface area (Å²) in [6.45, 7) is 1.86. The molecule has 1 heterocycles. The van der Waals surface area contributed by atoms with Gasteiger partial charge in [-0.25, -0.2) is 4.98 Å². The van der Waals surface area contributed by atoms with Gasteiger partial charge in [0.2, 0.25) is 0 Å². The molecule has 106 valence electrons. The summed E-state index contributed by atoms with van der Waals surface area (Å²) in [7, 11) is 6.47. The van der Waals surface area contributed by atoms with E-state index < -0.39 is 0 Å². The number of pyridine rings is 1. The second-order valence-corrected chi connectivity index (χ2v) is 6.54. The van der Waals surface area contributed by atoms with Crippen LogP contribution in [0.15, 0.2) is 12.3 Å². The van der Waals surface area contributed by atoms with Gasteiger partial charge in [0.25, 0.3) is 0 Å². The van der Waals surface area contributed by atoms with Gasteiger partial charge in [0.15, 0.2) is 0 Å². The Hall–Kier alpha value is -0.350. The molecule has 1 aromatic heterocycles. The lowest BCUT2D eigenvalue weighted by molar-refractivity contribution is 0.0259. The predicted octanol–water partition coefficient (Wildman–Crippen LogP) is 3.30. The molecule has 19 heavy (non-hydrogen) atoms. The smallest absolute Gasteiger partial charge is 0.130 e. The highest BCUT2D eigenvalue weighted by molar-refractivity contribution is 6.34. The quantitative estimate of drug-likeness (QED) is 0.778. The number of rotatable bonds is 5. The lowest BCUT2D eigenvalue weighted by Gasteiger charge is -2.49. The number of halogens is 2. The molecule has 0 aliphatic heterocycles. The Labute approximate surface area is 125 Å². The van der Waals surface area contributed by atoms with Gasteiger partial charge in [0.1, 0.15) is 5.15 Å². The zero-order chi connectivity index (χ0) is 14.0. The van der Waals surface area contributed by atoms with Crippen molar-refractivity contribution in [3.8, 4) is 0 Å². The van der Waals surface area contributed by atoms with Crippen molar-refractivity contribution in [1.82, 2.24) is 14.8 Å². The molecule has 0 radical (unpaired) electrons. The van der Waals surface area contributed by atoms with Gasteiger partial charge in [-0.1, -0.05) is 23.2 Å². The summed E-state index contributed by atoms with van der Waals surface area (Å²) in [6.07, 6.45) is 5.65. The maximum atomic E-state index is 6.19. The monoisotopic (exact) mass is 301 g/mol. The highest BCUT2D eigenvalue weighted by Gasteiger charge is 2.39. The minimum Gasteiger partial charge on any atom is -0.302 e. The van der Waals surface area contributed by atoms with Crippen molar-refractivity contribution in [2.45, 2.75) is 31.3 Å². The van der Waals surface area contributed by atoms with E-state index in [1.54, 1.807) is 12.3 Å². The van der Waals surface area contributed by atoms with Crippen LogP contribution in [0.25, 0.3) is 0 Å². The van der Waals surface area contributed by atoms with Gasteiger partial charge >= 0.3 is 0 Å². The maximum Gasteiger partial charge on any atom is 0.130 e. The summed E-state index contributed by atoms with van der Waals surface area (Å²) in [5.74, 6) is 0. The fourth-order valence-electron chi connectivity index (χ4n) is 2.73. The molecule has 5 heteroatoms. The van der Waals surface area contributed by atoms with Crippen molar-refractivity contribution in [1.29, 1.82) is 0 Å². The zero-order valence-electron chi connectivity index (χ0n) is 11.8. The van der Waals surface area contributed by atoms with E-state index in [2.05, 4.69) is 35.9 Å². The van der Waals surface area contributed by atoms with Gasteiger partial charge in [-0.05, 0) is 46.5 Å². The number of nitrogens with zero attached hydrogens (tertiary/aromatic N) is 3. The van der Waals surface area contributed by atoms with E-state index in [1.165, 1.54) is 19.3 Å². The van der Waals surface area contributed by atoms with Crippen molar-refractivity contribution >= 4 is 23.2 Å². The minimum atomic E-state index is 0.334. The van der Waals surface area contributed by atoms with E-state index >= 15 is 0 Å². The largest absolute Gasteiger partial charge is 0.302 e. The molecule has 1 saturated carbocycles. The number of hydrogen-bond acceptors (Lipinski definition) is 3. The summed E-state index contributed by atoms with van der Waals surface area (Å²) >= 11 is 12.0. The van der Waals surface area contributed by atoms with Crippen LogP contribution in [0, 0.1) is 0 Å². The summed E-state index contributed by atoms with van der Waals surface area (Å²) in [4.78, 5) is 8.77. The Morgan fingerprint density at radius 2 is 1.95 bits per heavy atom.